The molecule has 0 atom stereocenters. The van der Waals surface area contributed by atoms with Gasteiger partial charge in [-0.15, -0.1) is 11.3 Å². The molecule has 8 aromatic rings. The van der Waals surface area contributed by atoms with Crippen LogP contribution in [0.25, 0.3) is 53.2 Å². The number of hydrogen-bond acceptors (Lipinski definition) is 2. The Morgan fingerprint density at radius 2 is 1.09 bits per heavy atom. The Morgan fingerprint density at radius 3 is 1.96 bits per heavy atom. The maximum atomic E-state index is 2.43. The van der Waals surface area contributed by atoms with Crippen molar-refractivity contribution in [1.82, 2.24) is 0 Å². The maximum absolute atomic E-state index is 2.43. The summed E-state index contributed by atoms with van der Waals surface area (Å²) in [4.78, 5) is 2.43. The maximum Gasteiger partial charge on any atom is 0.0476 e. The highest BCUT2D eigenvalue weighted by molar-refractivity contribution is 7.25. The molecule has 0 radical (unpaired) electrons. The zero-order valence-electron chi connectivity index (χ0n) is 25.3. The van der Waals surface area contributed by atoms with E-state index in [1.54, 1.807) is 0 Å². The van der Waals surface area contributed by atoms with Crippen molar-refractivity contribution in [2.24, 2.45) is 0 Å². The minimum Gasteiger partial charge on any atom is -0.310 e. The first-order chi connectivity index (χ1) is 22.0. The first kappa shape index (κ1) is 26.2. The van der Waals surface area contributed by atoms with Crippen molar-refractivity contribution >= 4 is 59.3 Å². The standard InChI is InChI=1S/C43H31NS/c1-43(2)39-18-9-8-17-35(39)37-26-33(20-22-40(37)43)44(32-16-10-15-29(23-32)28-11-4-3-5-12-28)34-19-21-36-38-24-30-13-6-7-14-31(30)25-41(38)45-42(36)27-34/h3-27H,1-2H3. The van der Waals surface area contributed by atoms with E-state index in [-0.39, 0.29) is 5.41 Å². The van der Waals surface area contributed by atoms with Gasteiger partial charge >= 0.3 is 0 Å². The molecular weight excluding hydrogens is 563 g/mol. The topological polar surface area (TPSA) is 3.24 Å². The van der Waals surface area contributed by atoms with Gasteiger partial charge in [0.1, 0.15) is 0 Å². The second-order valence-electron chi connectivity index (χ2n) is 12.6. The van der Waals surface area contributed by atoms with Crippen LogP contribution in [0.1, 0.15) is 25.0 Å². The molecule has 2 heteroatoms. The summed E-state index contributed by atoms with van der Waals surface area (Å²) in [7, 11) is 0. The number of thiophene rings is 1. The third-order valence-corrected chi connectivity index (χ3v) is 10.7. The van der Waals surface area contributed by atoms with Crippen LogP contribution in [0.5, 0.6) is 0 Å². The summed E-state index contributed by atoms with van der Waals surface area (Å²) >= 11 is 1.88. The average molecular weight is 594 g/mol. The molecule has 0 aliphatic heterocycles. The van der Waals surface area contributed by atoms with Gasteiger partial charge in [-0.05, 0) is 92.7 Å². The largest absolute Gasteiger partial charge is 0.310 e. The summed E-state index contributed by atoms with van der Waals surface area (Å²) in [5.41, 5.74) is 11.3. The summed E-state index contributed by atoms with van der Waals surface area (Å²) < 4.78 is 2.63. The van der Waals surface area contributed by atoms with E-state index in [2.05, 4.69) is 170 Å². The van der Waals surface area contributed by atoms with Gasteiger partial charge in [-0.2, -0.15) is 0 Å². The van der Waals surface area contributed by atoms with Gasteiger partial charge in [0, 0.05) is 42.6 Å². The van der Waals surface area contributed by atoms with Crippen molar-refractivity contribution in [1.29, 1.82) is 0 Å². The van der Waals surface area contributed by atoms with Gasteiger partial charge in [0.05, 0.1) is 0 Å². The van der Waals surface area contributed by atoms with E-state index in [0.717, 1.165) is 17.1 Å². The lowest BCUT2D eigenvalue weighted by Crippen LogP contribution is -2.15. The van der Waals surface area contributed by atoms with E-state index in [1.165, 1.54) is 64.3 Å². The van der Waals surface area contributed by atoms with Crippen molar-refractivity contribution in [2.75, 3.05) is 4.90 Å². The van der Waals surface area contributed by atoms with Crippen molar-refractivity contribution in [3.05, 3.63) is 163 Å². The molecule has 0 saturated heterocycles. The van der Waals surface area contributed by atoms with E-state index < -0.39 is 0 Å². The fourth-order valence-corrected chi connectivity index (χ4v) is 8.51. The third kappa shape index (κ3) is 4.13. The van der Waals surface area contributed by atoms with Crippen LogP contribution in [-0.2, 0) is 5.41 Å². The molecular formula is C43H31NS. The smallest absolute Gasteiger partial charge is 0.0476 e. The Morgan fingerprint density at radius 1 is 0.444 bits per heavy atom. The molecule has 1 aliphatic rings. The highest BCUT2D eigenvalue weighted by atomic mass is 32.1. The van der Waals surface area contributed by atoms with Crippen molar-refractivity contribution in [2.45, 2.75) is 19.3 Å². The molecule has 0 bridgehead atoms. The van der Waals surface area contributed by atoms with Crippen LogP contribution in [-0.4, -0.2) is 0 Å². The molecule has 0 spiro atoms. The van der Waals surface area contributed by atoms with Gasteiger partial charge in [0.25, 0.3) is 0 Å². The molecule has 7 aromatic carbocycles. The lowest BCUT2D eigenvalue weighted by atomic mass is 9.82. The molecule has 214 valence electrons. The van der Waals surface area contributed by atoms with Crippen LogP contribution < -0.4 is 4.90 Å². The summed E-state index contributed by atoms with van der Waals surface area (Å²) in [5.74, 6) is 0. The zero-order chi connectivity index (χ0) is 30.1. The van der Waals surface area contributed by atoms with Gasteiger partial charge in [-0.1, -0.05) is 117 Å². The number of rotatable bonds is 4. The number of benzene rings is 7. The van der Waals surface area contributed by atoms with Crippen LogP contribution in [0, 0.1) is 0 Å². The van der Waals surface area contributed by atoms with Crippen molar-refractivity contribution in [3.8, 4) is 22.3 Å². The van der Waals surface area contributed by atoms with E-state index in [4.69, 9.17) is 0 Å². The first-order valence-electron chi connectivity index (χ1n) is 15.6. The highest BCUT2D eigenvalue weighted by Crippen LogP contribution is 2.51. The van der Waals surface area contributed by atoms with Gasteiger partial charge in [-0.25, -0.2) is 0 Å². The van der Waals surface area contributed by atoms with Gasteiger partial charge in [0.15, 0.2) is 0 Å². The predicted molar refractivity (Wildman–Crippen MR) is 195 cm³/mol. The summed E-state index contributed by atoms with van der Waals surface area (Å²) in [6.07, 6.45) is 0. The van der Waals surface area contributed by atoms with Crippen LogP contribution in [0.4, 0.5) is 17.1 Å². The van der Waals surface area contributed by atoms with Crippen LogP contribution in [0.15, 0.2) is 152 Å². The summed E-state index contributed by atoms with van der Waals surface area (Å²) in [6, 6.07) is 55.9. The van der Waals surface area contributed by atoms with E-state index in [0.29, 0.717) is 0 Å². The number of fused-ring (bicyclic) bond motifs is 7. The molecule has 0 amide bonds. The monoisotopic (exact) mass is 593 g/mol. The van der Waals surface area contributed by atoms with E-state index >= 15 is 0 Å². The normalized spacial score (nSPS) is 13.3. The minimum atomic E-state index is -0.0258. The van der Waals surface area contributed by atoms with E-state index in [9.17, 15) is 0 Å². The quantitative estimate of drug-likeness (QED) is 0.196. The Kier molecular flexibility index (Phi) is 5.78. The molecule has 1 aromatic heterocycles. The highest BCUT2D eigenvalue weighted by Gasteiger charge is 2.35. The molecule has 0 fully saturated rings. The zero-order valence-corrected chi connectivity index (χ0v) is 26.1. The fraction of sp³-hybridized carbons (Fsp3) is 0.0698. The Balaban J connectivity index is 1.25. The summed E-state index contributed by atoms with van der Waals surface area (Å²) in [6.45, 7) is 4.69. The predicted octanol–water partition coefficient (Wildman–Crippen LogP) is 12.7. The van der Waals surface area contributed by atoms with Crippen molar-refractivity contribution in [3.63, 3.8) is 0 Å². The Labute approximate surface area is 267 Å². The molecule has 0 unspecified atom stereocenters. The minimum absolute atomic E-state index is 0.0258. The van der Waals surface area contributed by atoms with E-state index in [1.807, 2.05) is 11.3 Å². The van der Waals surface area contributed by atoms with Crippen LogP contribution >= 0.6 is 11.3 Å². The number of anilines is 3. The first-order valence-corrected chi connectivity index (χ1v) is 16.4. The Hall–Kier alpha value is -5.18. The van der Waals surface area contributed by atoms with Crippen molar-refractivity contribution < 1.29 is 0 Å². The van der Waals surface area contributed by atoms with Gasteiger partial charge < -0.3 is 4.90 Å². The molecule has 45 heavy (non-hydrogen) atoms. The second-order valence-corrected chi connectivity index (χ2v) is 13.7. The molecule has 1 nitrogen and oxygen atoms in total. The molecule has 0 N–H and O–H groups in total. The molecule has 1 aliphatic carbocycles. The SMILES string of the molecule is CC1(C)c2ccccc2-c2cc(N(c3cccc(-c4ccccc4)c3)c3ccc4c(c3)sc3cc5ccccc5cc34)ccc21. The molecule has 0 saturated carbocycles. The lowest BCUT2D eigenvalue weighted by molar-refractivity contribution is 0.660. The van der Waals surface area contributed by atoms with Gasteiger partial charge in [0.2, 0.25) is 0 Å². The average Bonchev–Trinajstić information content (AvgIpc) is 3.55. The Bertz CT molecular complexity index is 2410. The lowest BCUT2D eigenvalue weighted by Gasteiger charge is -2.27. The van der Waals surface area contributed by atoms with Crippen LogP contribution in [0.3, 0.4) is 0 Å². The third-order valence-electron chi connectivity index (χ3n) is 9.62. The van der Waals surface area contributed by atoms with Crippen LogP contribution in [0.2, 0.25) is 0 Å². The molecule has 1 heterocycles. The fourth-order valence-electron chi connectivity index (χ4n) is 7.34. The molecule has 9 rings (SSSR count). The number of hydrogen-bond donors (Lipinski definition) is 0. The summed E-state index contributed by atoms with van der Waals surface area (Å²) in [5, 5.41) is 5.22. The van der Waals surface area contributed by atoms with Gasteiger partial charge in [-0.3, -0.25) is 0 Å². The number of nitrogens with zero attached hydrogens (tertiary/aromatic N) is 1. The second kappa shape index (κ2) is 9.92.